The van der Waals surface area contributed by atoms with Crippen molar-refractivity contribution < 1.29 is 148 Å². The first kappa shape index (κ1) is 61.5. The number of carbonyl (C=O) groups is 3. The van der Waals surface area contributed by atoms with Crippen LogP contribution in [0.2, 0.25) is 0 Å². The van der Waals surface area contributed by atoms with Crippen LogP contribution in [0.5, 0.6) is 0 Å². The van der Waals surface area contributed by atoms with Gasteiger partial charge in [0.1, 0.15) is 140 Å². The molecule has 434 valence electrons. The van der Waals surface area contributed by atoms with Crippen molar-refractivity contribution in [3.8, 4) is 0 Å². The van der Waals surface area contributed by atoms with E-state index < -0.39 is 235 Å². The van der Waals surface area contributed by atoms with Gasteiger partial charge < -0.3 is 150 Å². The first-order valence-electron chi connectivity index (χ1n) is 23.9. The van der Waals surface area contributed by atoms with E-state index in [1.807, 2.05) is 0 Å². The smallest absolute Gasteiger partial charge is 0.217 e. The lowest BCUT2D eigenvalue weighted by Crippen LogP contribution is -2.71. The largest absolute Gasteiger partial charge is 0.394 e. The van der Waals surface area contributed by atoms with Crippen LogP contribution < -0.4 is 16.0 Å². The van der Waals surface area contributed by atoms with Crippen molar-refractivity contribution in [1.29, 1.82) is 0 Å². The summed E-state index contributed by atoms with van der Waals surface area (Å²) in [5.41, 5.74) is 0. The van der Waals surface area contributed by atoms with Gasteiger partial charge in [-0.1, -0.05) is 0 Å². The Morgan fingerprint density at radius 3 is 1.28 bits per heavy atom. The van der Waals surface area contributed by atoms with Gasteiger partial charge >= 0.3 is 0 Å². The van der Waals surface area contributed by atoms with Crippen LogP contribution in [-0.2, 0) is 66.5 Å². The molecule has 6 aliphatic rings. The molecule has 6 aliphatic heterocycles. The first-order chi connectivity index (χ1) is 35.4. The number of carbonyl (C=O) groups excluding carboxylic acids is 3. The summed E-state index contributed by atoms with van der Waals surface area (Å²) in [6.45, 7) is -0.216. The molecule has 0 bridgehead atoms. The van der Waals surface area contributed by atoms with Gasteiger partial charge in [-0.15, -0.1) is 0 Å². The molecule has 1 unspecified atom stereocenters. The summed E-state index contributed by atoms with van der Waals surface area (Å²) >= 11 is 0. The fourth-order valence-corrected chi connectivity index (χ4v) is 9.56. The standard InChI is InChI=1S/C42H71N3O30/c1-10-22(53)27(58)30(61)40(66-10)75-36-21(45-13(4)52)38(70-17(8-49)34(36)73-42-32(63)29(60)24(55)15(6-47)69-42)65-9-18-25(56)35(20(37(64)67-18)44-12(3)51)74-39-19(43-11(2)50)26(57)33(16(7-48)71-39)72-41-31(62)28(59)23(54)14(5-46)68-41/h10,14-42,46-49,53-64H,5-9H2,1-4H3,(H,43,50)(H,44,51)(H,45,52)/t10-,14+,15+,16+,17+,18+,19+,20+,21+,22+,23-,24-,25-,26+,27+,28-,29-,30-,31+,32+,33+,34+,35+,36+,37?,38+,39-,40-,41-,42-/m0/s1. The van der Waals surface area contributed by atoms with E-state index in [9.17, 15) is 96.1 Å². The van der Waals surface area contributed by atoms with Gasteiger partial charge in [0.25, 0.3) is 0 Å². The molecule has 0 saturated carbocycles. The van der Waals surface area contributed by atoms with Crippen LogP contribution in [-0.4, -0.2) is 317 Å². The molecule has 0 spiro atoms. The van der Waals surface area contributed by atoms with E-state index in [0.717, 1.165) is 20.8 Å². The van der Waals surface area contributed by atoms with Crippen LogP contribution in [0.1, 0.15) is 27.7 Å². The maximum atomic E-state index is 12.9. The summed E-state index contributed by atoms with van der Waals surface area (Å²) in [4.78, 5) is 38.0. The fraction of sp³-hybridized carbons (Fsp3) is 0.929. The van der Waals surface area contributed by atoms with Crippen LogP contribution in [0.15, 0.2) is 0 Å². The van der Waals surface area contributed by atoms with Crippen LogP contribution in [0.4, 0.5) is 0 Å². The molecule has 6 saturated heterocycles. The zero-order valence-electron chi connectivity index (χ0n) is 40.7. The molecular formula is C42H71N3O30. The molecule has 6 rings (SSSR count). The van der Waals surface area contributed by atoms with Gasteiger partial charge in [-0.3, -0.25) is 14.4 Å². The first-order valence-corrected chi connectivity index (χ1v) is 23.9. The third-order valence-electron chi connectivity index (χ3n) is 13.6. The monoisotopic (exact) mass is 1100 g/mol. The van der Waals surface area contributed by atoms with Crippen molar-refractivity contribution in [2.45, 2.75) is 212 Å². The van der Waals surface area contributed by atoms with Crippen molar-refractivity contribution in [3.63, 3.8) is 0 Å². The molecule has 0 radical (unpaired) electrons. The Morgan fingerprint density at radius 1 is 0.373 bits per heavy atom. The van der Waals surface area contributed by atoms with E-state index in [1.165, 1.54) is 6.92 Å². The normalized spacial score (nSPS) is 48.6. The fourth-order valence-electron chi connectivity index (χ4n) is 9.56. The predicted molar refractivity (Wildman–Crippen MR) is 233 cm³/mol. The molecule has 3 amide bonds. The number of hydrogen-bond acceptors (Lipinski definition) is 30. The highest BCUT2D eigenvalue weighted by Crippen LogP contribution is 2.36. The maximum absolute atomic E-state index is 12.9. The molecule has 75 heavy (non-hydrogen) atoms. The Kier molecular flexibility index (Phi) is 21.8. The van der Waals surface area contributed by atoms with E-state index in [1.54, 1.807) is 0 Å². The lowest BCUT2D eigenvalue weighted by atomic mass is 9.93. The molecule has 33 heteroatoms. The molecule has 33 nitrogen and oxygen atoms in total. The van der Waals surface area contributed by atoms with Crippen molar-refractivity contribution in [2.75, 3.05) is 33.0 Å². The summed E-state index contributed by atoms with van der Waals surface area (Å²) in [7, 11) is 0. The summed E-state index contributed by atoms with van der Waals surface area (Å²) in [5, 5.41) is 178. The molecule has 0 aliphatic carbocycles. The minimum absolute atomic E-state index is 0.804. The second-order valence-corrected chi connectivity index (χ2v) is 19.0. The number of nitrogens with one attached hydrogen (secondary N) is 3. The summed E-state index contributed by atoms with van der Waals surface area (Å²) in [6, 6.07) is -5.11. The van der Waals surface area contributed by atoms with Crippen LogP contribution in [0.25, 0.3) is 0 Å². The van der Waals surface area contributed by atoms with Gasteiger partial charge in [-0.25, -0.2) is 0 Å². The van der Waals surface area contributed by atoms with Gasteiger partial charge in [0.2, 0.25) is 17.7 Å². The average Bonchev–Trinajstić information content (AvgIpc) is 3.36. The minimum Gasteiger partial charge on any atom is -0.394 e. The van der Waals surface area contributed by atoms with Crippen LogP contribution >= 0.6 is 0 Å². The lowest BCUT2D eigenvalue weighted by molar-refractivity contribution is -0.376. The Balaban J connectivity index is 1.28. The molecule has 0 aromatic rings. The zero-order valence-corrected chi connectivity index (χ0v) is 40.7. The number of aliphatic hydroxyl groups is 16. The minimum atomic E-state index is -2.09. The lowest BCUT2D eigenvalue weighted by Gasteiger charge is -2.51. The zero-order chi connectivity index (χ0) is 55.5. The van der Waals surface area contributed by atoms with Gasteiger partial charge in [0, 0.05) is 20.8 Å². The number of aliphatic hydroxyl groups excluding tert-OH is 16. The highest BCUT2D eigenvalue weighted by molar-refractivity contribution is 5.74. The van der Waals surface area contributed by atoms with Crippen LogP contribution in [0, 0.1) is 0 Å². The number of amides is 3. The molecule has 19 N–H and O–H groups in total. The molecule has 6 heterocycles. The topological polar surface area (TPSA) is 513 Å². The number of rotatable bonds is 18. The molecule has 0 aromatic carbocycles. The van der Waals surface area contributed by atoms with Gasteiger partial charge in [-0.2, -0.15) is 0 Å². The quantitative estimate of drug-likeness (QED) is 0.0606. The van der Waals surface area contributed by atoms with E-state index in [0.29, 0.717) is 0 Å². The highest BCUT2D eigenvalue weighted by Gasteiger charge is 2.58. The van der Waals surface area contributed by atoms with E-state index >= 15 is 0 Å². The Morgan fingerprint density at radius 2 is 0.773 bits per heavy atom. The summed E-state index contributed by atoms with van der Waals surface area (Å²) in [5.74, 6) is -2.45. The maximum Gasteiger partial charge on any atom is 0.217 e. The molecule has 30 atom stereocenters. The van der Waals surface area contributed by atoms with Crippen molar-refractivity contribution in [1.82, 2.24) is 16.0 Å². The Bertz CT molecular complexity index is 1850. The van der Waals surface area contributed by atoms with E-state index in [4.69, 9.17) is 52.1 Å². The number of ether oxygens (including phenoxy) is 11. The molecule has 6 fully saturated rings. The van der Waals surface area contributed by atoms with Gasteiger partial charge in [0.05, 0.1) is 39.1 Å². The SMILES string of the molecule is CC(=O)N[C@H]1[C@H](O[C@H]2[C@@H](O)[C@@H](CO[C@@H]3O[C@H](CO)[C@@H](O[C@@H]4O[C@H](CO)[C@H](O)[C@H](O)[C@H]4O)[C@H](O[C@@H]4O[C@@H](C)[C@@H](O)[C@@H](O)[C@@H]4O)[C@H]3NC(C)=O)OC(O)[C@@H]2NC(C)=O)O[C@H](CO)[C@@H](O[C@@H]2O[C@H](CO)[C@H](O)[C@H](O)[C@H]2O)[C@@H]1O. The van der Waals surface area contributed by atoms with Crippen molar-refractivity contribution >= 4 is 17.7 Å². The Labute approximate surface area is 426 Å². The molecule has 0 aromatic heterocycles. The molecular weight excluding hydrogens is 1030 g/mol. The second-order valence-electron chi connectivity index (χ2n) is 19.0. The van der Waals surface area contributed by atoms with Crippen molar-refractivity contribution in [3.05, 3.63) is 0 Å². The Hall–Kier alpha value is -2.67. The highest BCUT2D eigenvalue weighted by atomic mass is 16.8. The van der Waals surface area contributed by atoms with E-state index in [-0.39, 0.29) is 0 Å². The predicted octanol–water partition coefficient (Wildman–Crippen LogP) is -12.6. The third kappa shape index (κ3) is 13.7. The third-order valence-corrected chi connectivity index (χ3v) is 13.6. The van der Waals surface area contributed by atoms with E-state index in [2.05, 4.69) is 16.0 Å². The second kappa shape index (κ2) is 26.5. The van der Waals surface area contributed by atoms with Crippen LogP contribution in [0.3, 0.4) is 0 Å². The van der Waals surface area contributed by atoms with Crippen molar-refractivity contribution in [2.24, 2.45) is 0 Å². The average molecular weight is 1100 g/mol. The summed E-state index contributed by atoms with van der Waals surface area (Å²) in [6.07, 6.45) is -49.1. The van der Waals surface area contributed by atoms with Gasteiger partial charge in [0.15, 0.2) is 37.7 Å². The summed E-state index contributed by atoms with van der Waals surface area (Å²) < 4.78 is 64.3. The number of hydrogen-bond donors (Lipinski definition) is 19. The van der Waals surface area contributed by atoms with Gasteiger partial charge in [-0.05, 0) is 6.92 Å².